The van der Waals surface area contributed by atoms with Crippen LogP contribution in [0.3, 0.4) is 0 Å². The van der Waals surface area contributed by atoms with Crippen molar-refractivity contribution < 1.29 is 0 Å². The van der Waals surface area contributed by atoms with Crippen molar-refractivity contribution in [3.8, 4) is 44.5 Å². The second-order valence-electron chi connectivity index (χ2n) is 17.4. The fourth-order valence-corrected chi connectivity index (χ4v) is 9.47. The van der Waals surface area contributed by atoms with Crippen LogP contribution in [-0.2, 0) is 21.7 Å². The minimum absolute atomic E-state index is 0.0917. The van der Waals surface area contributed by atoms with E-state index >= 15 is 0 Å². The van der Waals surface area contributed by atoms with Crippen molar-refractivity contribution in [1.82, 2.24) is 0 Å². The average molecular weight is 597 g/mol. The van der Waals surface area contributed by atoms with Gasteiger partial charge in [-0.2, -0.15) is 0 Å². The molecule has 0 N–H and O–H groups in total. The van der Waals surface area contributed by atoms with E-state index in [0.29, 0.717) is 0 Å². The van der Waals surface area contributed by atoms with Gasteiger partial charge in [0.2, 0.25) is 0 Å². The molecule has 0 fully saturated rings. The summed E-state index contributed by atoms with van der Waals surface area (Å²) in [5.74, 6) is 0. The van der Waals surface area contributed by atoms with E-state index in [1.54, 1.807) is 0 Å². The van der Waals surface area contributed by atoms with Gasteiger partial charge >= 0.3 is 0 Å². The summed E-state index contributed by atoms with van der Waals surface area (Å²) in [6.07, 6.45) is 0. The summed E-state index contributed by atoms with van der Waals surface area (Å²) in [5.41, 5.74) is 19.8. The zero-order valence-corrected chi connectivity index (χ0v) is 29.1. The molecule has 3 aliphatic rings. The second kappa shape index (κ2) is 8.40. The Balaban J connectivity index is 1.29. The van der Waals surface area contributed by atoms with E-state index in [9.17, 15) is 0 Å². The summed E-state index contributed by atoms with van der Waals surface area (Å²) in [6, 6.07) is 33.7. The van der Waals surface area contributed by atoms with Gasteiger partial charge in [0, 0.05) is 10.8 Å². The molecule has 0 unspecified atom stereocenters. The first-order valence-electron chi connectivity index (χ1n) is 17.1. The lowest BCUT2D eigenvalue weighted by Crippen LogP contribution is -2.36. The van der Waals surface area contributed by atoms with Gasteiger partial charge in [0.05, 0.1) is 0 Å². The van der Waals surface area contributed by atoms with E-state index in [1.165, 1.54) is 99.4 Å². The van der Waals surface area contributed by atoms with Crippen LogP contribution >= 0.6 is 0 Å². The Labute approximate surface area is 274 Å². The van der Waals surface area contributed by atoms with Gasteiger partial charge in [-0.25, -0.2) is 0 Å². The molecule has 0 saturated heterocycles. The highest BCUT2D eigenvalue weighted by Gasteiger charge is 2.44. The van der Waals surface area contributed by atoms with Gasteiger partial charge < -0.3 is 0 Å². The molecule has 0 saturated carbocycles. The number of benzene rings is 6. The van der Waals surface area contributed by atoms with Gasteiger partial charge in [0.1, 0.15) is 0 Å². The molecule has 6 aromatic carbocycles. The third kappa shape index (κ3) is 3.36. The number of hydrogen-bond acceptors (Lipinski definition) is 0. The smallest absolute Gasteiger partial charge is 0.0153 e. The van der Waals surface area contributed by atoms with Crippen molar-refractivity contribution in [1.29, 1.82) is 0 Å². The molecule has 0 spiro atoms. The third-order valence-electron chi connectivity index (χ3n) is 11.9. The second-order valence-corrected chi connectivity index (χ2v) is 17.4. The lowest BCUT2D eigenvalue weighted by Gasteiger charge is -2.44. The van der Waals surface area contributed by atoms with Gasteiger partial charge in [-0.3, -0.25) is 0 Å². The van der Waals surface area contributed by atoms with Crippen LogP contribution in [0.2, 0.25) is 0 Å². The Kier molecular flexibility index (Phi) is 5.13. The van der Waals surface area contributed by atoms with E-state index in [2.05, 4.69) is 154 Å². The monoisotopic (exact) mass is 596 g/mol. The Bertz CT molecular complexity index is 2110. The Hall–Kier alpha value is -4.16. The van der Waals surface area contributed by atoms with Crippen LogP contribution in [0.15, 0.2) is 84.9 Å². The van der Waals surface area contributed by atoms with E-state index in [1.807, 2.05) is 0 Å². The van der Waals surface area contributed by atoms with Crippen LogP contribution in [0.25, 0.3) is 66.1 Å². The van der Waals surface area contributed by atoms with Crippen LogP contribution in [0, 0.1) is 0 Å². The molecule has 0 aromatic heterocycles. The molecular formula is C46H44. The first-order valence-corrected chi connectivity index (χ1v) is 17.1. The zero-order chi connectivity index (χ0) is 32.3. The van der Waals surface area contributed by atoms with Crippen LogP contribution < -0.4 is 0 Å². The largest absolute Gasteiger partial charge is 0.0610 e. The third-order valence-corrected chi connectivity index (χ3v) is 11.9. The maximum atomic E-state index is 2.57. The molecule has 0 nitrogen and oxygen atoms in total. The molecule has 0 heteroatoms. The van der Waals surface area contributed by atoms with E-state index in [4.69, 9.17) is 0 Å². The molecule has 3 aliphatic carbocycles. The first-order chi connectivity index (χ1) is 21.6. The summed E-state index contributed by atoms with van der Waals surface area (Å²) in [4.78, 5) is 0. The lowest BCUT2D eigenvalue weighted by molar-refractivity contribution is 0.521. The van der Waals surface area contributed by atoms with E-state index < -0.39 is 0 Å². The predicted octanol–water partition coefficient (Wildman–Crippen LogP) is 12.8. The van der Waals surface area contributed by atoms with Crippen LogP contribution in [-0.4, -0.2) is 0 Å². The summed E-state index contributed by atoms with van der Waals surface area (Å²) < 4.78 is 0. The molecule has 0 atom stereocenters. The standard InChI is InChI=1S/C46H44/c1-43(2,3)35-19-17-27-33-23-39-37(21-31(33)25-13-11-15-29(35)41(25)27)45(7,8)40-24-34-28-18-20-36(44(4,5)6)30-16-12-14-26(42(28)30)32(34)22-38(40)46(39,9)10/h11-24H,1-10H3. The number of hydrogen-bond donors (Lipinski definition) is 0. The minimum Gasteiger partial charge on any atom is -0.0610 e. The molecule has 46 heavy (non-hydrogen) atoms. The Morgan fingerprint density at radius 2 is 0.674 bits per heavy atom. The maximum absolute atomic E-state index is 2.57. The van der Waals surface area contributed by atoms with Crippen LogP contribution in [0.1, 0.15) is 103 Å². The van der Waals surface area contributed by atoms with Gasteiger partial charge in [-0.05, 0) is 135 Å². The average Bonchev–Trinajstić information content (AvgIpc) is 3.49. The van der Waals surface area contributed by atoms with Crippen molar-refractivity contribution in [2.24, 2.45) is 0 Å². The molecule has 9 rings (SSSR count). The molecule has 0 aliphatic heterocycles. The summed E-state index contributed by atoms with van der Waals surface area (Å²) in [7, 11) is 0. The number of fused-ring (bicyclic) bond motifs is 8. The summed E-state index contributed by atoms with van der Waals surface area (Å²) in [5, 5.41) is 5.66. The summed E-state index contributed by atoms with van der Waals surface area (Å²) >= 11 is 0. The lowest BCUT2D eigenvalue weighted by atomic mass is 9.59. The fraction of sp³-hybridized carbons (Fsp3) is 0.304. The topological polar surface area (TPSA) is 0 Å². The maximum Gasteiger partial charge on any atom is 0.0153 e. The van der Waals surface area contributed by atoms with Crippen molar-refractivity contribution in [3.05, 3.63) is 118 Å². The van der Waals surface area contributed by atoms with Gasteiger partial charge in [-0.15, -0.1) is 0 Å². The minimum atomic E-state index is -0.136. The van der Waals surface area contributed by atoms with Crippen LogP contribution in [0.5, 0.6) is 0 Å². The quantitative estimate of drug-likeness (QED) is 0.163. The Morgan fingerprint density at radius 3 is 0.978 bits per heavy atom. The van der Waals surface area contributed by atoms with E-state index in [-0.39, 0.29) is 21.7 Å². The highest BCUT2D eigenvalue weighted by Crippen LogP contribution is 2.59. The van der Waals surface area contributed by atoms with Gasteiger partial charge in [-0.1, -0.05) is 130 Å². The molecule has 228 valence electrons. The SMILES string of the molecule is CC(C)(C)c1ccc2c3c(cccc13)-c1cc3c(cc1-2)C(C)(C)c1cc2c(cc1C3(C)C)-c1ccc(C(C)(C)C)c3cccc-2c13. The van der Waals surface area contributed by atoms with Crippen LogP contribution in [0.4, 0.5) is 0 Å². The van der Waals surface area contributed by atoms with Crippen molar-refractivity contribution in [3.63, 3.8) is 0 Å². The first kappa shape index (κ1) is 28.1. The molecule has 6 aromatic rings. The van der Waals surface area contributed by atoms with Crippen molar-refractivity contribution in [2.45, 2.75) is 90.9 Å². The number of rotatable bonds is 0. The van der Waals surface area contributed by atoms with Crippen molar-refractivity contribution >= 4 is 21.5 Å². The molecule has 0 heterocycles. The predicted molar refractivity (Wildman–Crippen MR) is 198 cm³/mol. The molecule has 0 bridgehead atoms. The Morgan fingerprint density at radius 1 is 0.370 bits per heavy atom. The normalized spacial score (nSPS) is 16.4. The highest BCUT2D eigenvalue weighted by molar-refractivity contribution is 6.18. The highest BCUT2D eigenvalue weighted by atomic mass is 14.5. The fourth-order valence-electron chi connectivity index (χ4n) is 9.47. The zero-order valence-electron chi connectivity index (χ0n) is 29.1. The van der Waals surface area contributed by atoms with Gasteiger partial charge in [0.15, 0.2) is 0 Å². The van der Waals surface area contributed by atoms with E-state index in [0.717, 1.165) is 0 Å². The molecular weight excluding hydrogens is 553 g/mol. The van der Waals surface area contributed by atoms with Gasteiger partial charge in [0.25, 0.3) is 0 Å². The van der Waals surface area contributed by atoms with Crippen molar-refractivity contribution in [2.75, 3.05) is 0 Å². The summed E-state index contributed by atoms with van der Waals surface area (Å²) in [6.45, 7) is 23.8. The molecule has 0 amide bonds. The molecule has 0 radical (unpaired) electrons.